The van der Waals surface area contributed by atoms with Gasteiger partial charge in [0.2, 0.25) is 0 Å². The van der Waals surface area contributed by atoms with Crippen molar-refractivity contribution in [2.45, 2.75) is 58.3 Å². The first-order valence-corrected chi connectivity index (χ1v) is 11.8. The van der Waals surface area contributed by atoms with Gasteiger partial charge in [-0.1, -0.05) is 57.0 Å². The predicted molar refractivity (Wildman–Crippen MR) is 134 cm³/mol. The monoisotopic (exact) mass is 446 g/mol. The first kappa shape index (κ1) is 24.4. The second-order valence-electron chi connectivity index (χ2n) is 8.50. The lowest BCUT2D eigenvalue weighted by molar-refractivity contribution is -0.116. The number of unbranched alkanes of at least 4 members (excludes halogenated alkanes) is 3. The van der Waals surface area contributed by atoms with Crippen LogP contribution in [-0.2, 0) is 17.6 Å². The maximum absolute atomic E-state index is 13.3. The highest BCUT2D eigenvalue weighted by Gasteiger charge is 2.20. The SMILES string of the molecule is CCCCCC=CC(=O)C(Cc1ccc(O)c(OC)c1)c1ccc2cc(CC)c(O)cc2c1. The lowest BCUT2D eigenvalue weighted by Gasteiger charge is -2.17. The molecule has 0 amide bonds. The fourth-order valence-corrected chi connectivity index (χ4v) is 4.15. The van der Waals surface area contributed by atoms with Gasteiger partial charge in [-0.05, 0) is 83.5 Å². The number of benzene rings is 3. The molecular weight excluding hydrogens is 412 g/mol. The molecule has 3 aromatic rings. The van der Waals surface area contributed by atoms with E-state index < -0.39 is 0 Å². The Bertz CT molecular complexity index is 1130. The van der Waals surface area contributed by atoms with Gasteiger partial charge in [-0.3, -0.25) is 4.79 Å². The molecule has 0 bridgehead atoms. The van der Waals surface area contributed by atoms with E-state index in [1.807, 2.05) is 43.3 Å². The van der Waals surface area contributed by atoms with Crippen molar-refractivity contribution in [3.05, 3.63) is 77.4 Å². The summed E-state index contributed by atoms with van der Waals surface area (Å²) in [5.41, 5.74) is 2.72. The number of ether oxygens (including phenoxy) is 1. The molecule has 0 aromatic heterocycles. The van der Waals surface area contributed by atoms with Crippen molar-refractivity contribution in [2.75, 3.05) is 7.11 Å². The molecule has 3 aromatic carbocycles. The van der Waals surface area contributed by atoms with Gasteiger partial charge >= 0.3 is 0 Å². The summed E-state index contributed by atoms with van der Waals surface area (Å²) in [5.74, 6) is 0.424. The number of phenols is 2. The number of hydrogen-bond donors (Lipinski definition) is 2. The number of methoxy groups -OCH3 is 1. The van der Waals surface area contributed by atoms with Crippen LogP contribution in [0.25, 0.3) is 10.8 Å². The molecule has 0 aliphatic heterocycles. The highest BCUT2D eigenvalue weighted by atomic mass is 16.5. The highest BCUT2D eigenvalue weighted by Crippen LogP contribution is 2.32. The minimum atomic E-state index is -0.376. The lowest BCUT2D eigenvalue weighted by Crippen LogP contribution is -2.13. The summed E-state index contributed by atoms with van der Waals surface area (Å²) in [6.45, 7) is 4.18. The quantitative estimate of drug-likeness (QED) is 0.250. The van der Waals surface area contributed by atoms with Gasteiger partial charge in [0.25, 0.3) is 0 Å². The number of rotatable bonds is 11. The second kappa shape index (κ2) is 11.6. The molecule has 0 saturated heterocycles. The van der Waals surface area contributed by atoms with Gasteiger partial charge in [0.1, 0.15) is 5.75 Å². The molecule has 4 heteroatoms. The average Bonchev–Trinajstić information content (AvgIpc) is 2.82. The summed E-state index contributed by atoms with van der Waals surface area (Å²) in [5, 5.41) is 22.2. The molecule has 2 N–H and O–H groups in total. The minimum absolute atomic E-state index is 0.0484. The second-order valence-corrected chi connectivity index (χ2v) is 8.50. The van der Waals surface area contributed by atoms with Gasteiger partial charge in [-0.15, -0.1) is 0 Å². The van der Waals surface area contributed by atoms with Crippen LogP contribution in [0.3, 0.4) is 0 Å². The van der Waals surface area contributed by atoms with Crippen molar-refractivity contribution >= 4 is 16.6 Å². The summed E-state index contributed by atoms with van der Waals surface area (Å²) >= 11 is 0. The van der Waals surface area contributed by atoms with E-state index in [4.69, 9.17) is 4.74 Å². The Labute approximate surface area is 196 Å². The number of aromatic hydroxyl groups is 2. The molecule has 174 valence electrons. The van der Waals surface area contributed by atoms with E-state index in [1.54, 1.807) is 24.3 Å². The Morgan fingerprint density at radius 2 is 1.79 bits per heavy atom. The number of aryl methyl sites for hydroxylation is 1. The van der Waals surface area contributed by atoms with Crippen molar-refractivity contribution in [1.29, 1.82) is 0 Å². The molecule has 0 saturated carbocycles. The van der Waals surface area contributed by atoms with Gasteiger partial charge in [-0.2, -0.15) is 0 Å². The first-order chi connectivity index (χ1) is 16.0. The van der Waals surface area contributed by atoms with Crippen molar-refractivity contribution in [3.63, 3.8) is 0 Å². The number of allylic oxidation sites excluding steroid dienone is 2. The van der Waals surface area contributed by atoms with Gasteiger partial charge in [0, 0.05) is 0 Å². The van der Waals surface area contributed by atoms with Crippen LogP contribution in [0.4, 0.5) is 0 Å². The van der Waals surface area contributed by atoms with Crippen molar-refractivity contribution in [2.24, 2.45) is 0 Å². The zero-order chi connectivity index (χ0) is 23.8. The Balaban J connectivity index is 1.95. The zero-order valence-corrected chi connectivity index (χ0v) is 19.8. The number of ketones is 1. The molecule has 0 aliphatic rings. The summed E-state index contributed by atoms with van der Waals surface area (Å²) < 4.78 is 5.25. The van der Waals surface area contributed by atoms with Crippen LogP contribution in [0.15, 0.2) is 60.7 Å². The Morgan fingerprint density at radius 1 is 0.970 bits per heavy atom. The Kier molecular flexibility index (Phi) is 8.53. The number of carbonyl (C=O) groups is 1. The molecule has 0 spiro atoms. The number of carbonyl (C=O) groups excluding carboxylic acids is 1. The third-order valence-electron chi connectivity index (χ3n) is 6.13. The molecule has 0 fully saturated rings. The van der Waals surface area contributed by atoms with Crippen LogP contribution in [0.1, 0.15) is 62.1 Å². The first-order valence-electron chi connectivity index (χ1n) is 11.8. The van der Waals surface area contributed by atoms with E-state index in [2.05, 4.69) is 6.92 Å². The number of fused-ring (bicyclic) bond motifs is 1. The summed E-state index contributed by atoms with van der Waals surface area (Å²) in [6.07, 6.45) is 9.21. The molecule has 0 radical (unpaired) electrons. The van der Waals surface area contributed by atoms with Crippen LogP contribution in [0.2, 0.25) is 0 Å². The largest absolute Gasteiger partial charge is 0.508 e. The topological polar surface area (TPSA) is 66.8 Å². The van der Waals surface area contributed by atoms with Crippen LogP contribution in [0, 0.1) is 0 Å². The van der Waals surface area contributed by atoms with Crippen LogP contribution < -0.4 is 4.74 Å². The Morgan fingerprint density at radius 3 is 2.52 bits per heavy atom. The van der Waals surface area contributed by atoms with Crippen LogP contribution in [0.5, 0.6) is 17.2 Å². The van der Waals surface area contributed by atoms with Crippen molar-refractivity contribution in [3.8, 4) is 17.2 Å². The van der Waals surface area contributed by atoms with Crippen LogP contribution >= 0.6 is 0 Å². The standard InChI is InChI=1S/C29H34O4/c1-4-6-7-8-9-10-26(30)25(15-20-11-14-27(31)29(16-20)33-3)23-13-12-22-17-21(5-2)28(32)19-24(22)18-23/h9-14,16-19,25,31-32H,4-8,15H2,1-3H3. The van der Waals surface area contributed by atoms with E-state index in [1.165, 1.54) is 7.11 Å². The normalized spacial score (nSPS) is 12.3. The van der Waals surface area contributed by atoms with E-state index in [0.29, 0.717) is 12.2 Å². The molecule has 0 heterocycles. The van der Waals surface area contributed by atoms with Gasteiger partial charge < -0.3 is 14.9 Å². The predicted octanol–water partition coefficient (Wildman–Crippen LogP) is 6.85. The van der Waals surface area contributed by atoms with E-state index in [0.717, 1.165) is 59.6 Å². The van der Waals surface area contributed by atoms with Gasteiger partial charge in [0.05, 0.1) is 13.0 Å². The zero-order valence-electron chi connectivity index (χ0n) is 19.8. The fraction of sp³-hybridized carbons (Fsp3) is 0.345. The fourth-order valence-electron chi connectivity index (χ4n) is 4.15. The molecule has 1 unspecified atom stereocenters. The van der Waals surface area contributed by atoms with E-state index >= 15 is 0 Å². The lowest BCUT2D eigenvalue weighted by atomic mass is 9.86. The molecule has 1 atom stereocenters. The summed E-state index contributed by atoms with van der Waals surface area (Å²) in [7, 11) is 1.51. The molecule has 4 nitrogen and oxygen atoms in total. The maximum atomic E-state index is 13.3. The third-order valence-corrected chi connectivity index (χ3v) is 6.13. The van der Waals surface area contributed by atoms with Crippen LogP contribution in [-0.4, -0.2) is 23.1 Å². The summed E-state index contributed by atoms with van der Waals surface area (Å²) in [4.78, 5) is 13.3. The molecule has 3 rings (SSSR count). The van der Waals surface area contributed by atoms with Crippen molar-refractivity contribution < 1.29 is 19.7 Å². The minimum Gasteiger partial charge on any atom is -0.508 e. The molecular formula is C29H34O4. The third kappa shape index (κ3) is 6.16. The molecule has 33 heavy (non-hydrogen) atoms. The van der Waals surface area contributed by atoms with Crippen molar-refractivity contribution in [1.82, 2.24) is 0 Å². The molecule has 0 aliphatic carbocycles. The van der Waals surface area contributed by atoms with Gasteiger partial charge in [0.15, 0.2) is 17.3 Å². The van der Waals surface area contributed by atoms with Gasteiger partial charge in [-0.25, -0.2) is 0 Å². The number of phenolic OH excluding ortho intramolecular Hbond substituents is 2. The maximum Gasteiger partial charge on any atom is 0.163 e. The van der Waals surface area contributed by atoms with E-state index in [9.17, 15) is 15.0 Å². The smallest absolute Gasteiger partial charge is 0.163 e. The Hall–Kier alpha value is -3.27. The number of hydrogen-bond acceptors (Lipinski definition) is 4. The highest BCUT2D eigenvalue weighted by molar-refractivity contribution is 5.96. The average molecular weight is 447 g/mol. The van der Waals surface area contributed by atoms with E-state index in [-0.39, 0.29) is 23.2 Å². The summed E-state index contributed by atoms with van der Waals surface area (Å²) in [6, 6.07) is 15.0.